The van der Waals surface area contributed by atoms with Crippen molar-refractivity contribution in [1.29, 1.82) is 5.26 Å². The van der Waals surface area contributed by atoms with Crippen molar-refractivity contribution >= 4 is 46.5 Å². The molecule has 4 aromatic rings. The van der Waals surface area contributed by atoms with Crippen LogP contribution in [0.15, 0.2) is 60.2 Å². The first-order valence-electron chi connectivity index (χ1n) is 23.2. The number of thiazole rings is 1. The summed E-state index contributed by atoms with van der Waals surface area (Å²) in [6.45, 7) is 10.4. The van der Waals surface area contributed by atoms with Crippen LogP contribution < -0.4 is 20.9 Å². The van der Waals surface area contributed by atoms with Crippen molar-refractivity contribution < 1.29 is 33.4 Å². The van der Waals surface area contributed by atoms with Crippen LogP contribution in [0.2, 0.25) is 0 Å². The molecule has 3 amide bonds. The Balaban J connectivity index is 0.885. The van der Waals surface area contributed by atoms with Gasteiger partial charge in [-0.1, -0.05) is 45.0 Å². The number of amides is 3. The molecule has 3 aliphatic heterocycles. The van der Waals surface area contributed by atoms with E-state index in [1.807, 2.05) is 81.4 Å². The van der Waals surface area contributed by atoms with Crippen LogP contribution in [0, 0.1) is 23.7 Å². The highest BCUT2D eigenvalue weighted by Crippen LogP contribution is 2.36. The molecular weight excluding hydrogens is 879 g/mol. The fourth-order valence-electron chi connectivity index (χ4n) is 9.20. The van der Waals surface area contributed by atoms with Gasteiger partial charge >= 0.3 is 0 Å². The molecule has 3 aromatic heterocycles. The number of pyridine rings is 2. The Hall–Kier alpha value is -5.61. The van der Waals surface area contributed by atoms with Crippen molar-refractivity contribution in [1.82, 2.24) is 35.4 Å². The molecule has 358 valence electrons. The zero-order valence-corrected chi connectivity index (χ0v) is 39.7. The molecule has 0 radical (unpaired) electrons. The highest BCUT2D eigenvalue weighted by atomic mass is 32.1. The third kappa shape index (κ3) is 12.5. The molecule has 3 fully saturated rings. The highest BCUT2D eigenvalue weighted by Gasteiger charge is 2.45. The Morgan fingerprint density at radius 3 is 2.42 bits per heavy atom. The molecule has 1 unspecified atom stereocenters. The Bertz CT molecular complexity index is 2420. The molecule has 6 heterocycles. The van der Waals surface area contributed by atoms with E-state index in [9.17, 15) is 38.6 Å². The molecule has 3 saturated heterocycles. The molecule has 0 bridgehead atoms. The minimum atomic E-state index is -2.80. The Morgan fingerprint density at radius 2 is 1.76 bits per heavy atom. The minimum Gasteiger partial charge on any atom is -0.391 e. The standard InChI is InChI=1S/C49H62F2N10O5S/c1-30(33-10-12-35(13-11-33)44-31(2)54-29-67-44)55-46(65)38-25-37(62)27-61(38)47(66)45(48(3,4)5)58-42(63)8-6-7-9-43(64)59-19-15-34(16-20-59)36-23-40(56-39-22-32(26-52)14-18-53-39)57-41(24-36)60-21-17-49(50,51)28-60/h10-14,18,22-24,29-30,34,37-38,43,45,62,64H,6-9,15-17,19-21,25,27-28H2,1-5H3,(H,55,65)(H,58,63)(H,53,56,57)/t30-,37+,38-,43?,45+/m0/s1. The zero-order chi connectivity index (χ0) is 48.0. The Kier molecular flexibility index (Phi) is 15.6. The van der Waals surface area contributed by atoms with Gasteiger partial charge in [0.1, 0.15) is 35.8 Å². The summed E-state index contributed by atoms with van der Waals surface area (Å²) in [6.07, 6.45) is 2.83. The number of aliphatic hydroxyl groups excluding tert-OH is 2. The quantitative estimate of drug-likeness (QED) is 0.0738. The summed E-state index contributed by atoms with van der Waals surface area (Å²) in [6, 6.07) is 14.8. The number of β-amino-alcohol motifs (C(OH)–C–C–N with tert-alkyl or cyclic N) is 1. The first-order valence-corrected chi connectivity index (χ1v) is 24.0. The average Bonchev–Trinajstić information content (AvgIpc) is 4.03. The molecule has 0 spiro atoms. The van der Waals surface area contributed by atoms with E-state index >= 15 is 0 Å². The molecule has 5 atom stereocenters. The molecule has 7 rings (SSSR count). The summed E-state index contributed by atoms with van der Waals surface area (Å²) < 4.78 is 28.5. The molecule has 3 aliphatic rings. The van der Waals surface area contributed by atoms with Gasteiger partial charge in [-0.2, -0.15) is 5.26 Å². The molecule has 18 heteroatoms. The third-order valence-electron chi connectivity index (χ3n) is 13.1. The minimum absolute atomic E-state index is 0.0232. The molecule has 1 aromatic carbocycles. The van der Waals surface area contributed by atoms with E-state index in [0.29, 0.717) is 55.4 Å². The van der Waals surface area contributed by atoms with E-state index in [-0.39, 0.29) is 56.1 Å². The molecular formula is C49H62F2N10O5S. The Labute approximate surface area is 395 Å². The summed E-state index contributed by atoms with van der Waals surface area (Å²) in [5.41, 5.74) is 5.37. The van der Waals surface area contributed by atoms with Crippen molar-refractivity contribution in [3.05, 3.63) is 82.6 Å². The number of nitrogens with zero attached hydrogens (tertiary/aromatic N) is 7. The van der Waals surface area contributed by atoms with Crippen LogP contribution in [0.3, 0.4) is 0 Å². The number of nitrogens with one attached hydrogen (secondary N) is 3. The van der Waals surface area contributed by atoms with Gasteiger partial charge in [-0.3, -0.25) is 19.3 Å². The number of likely N-dealkylation sites (tertiary alicyclic amines) is 2. The average molecular weight is 941 g/mol. The lowest BCUT2D eigenvalue weighted by molar-refractivity contribution is -0.144. The summed E-state index contributed by atoms with van der Waals surface area (Å²) in [5.74, 6) is -2.50. The van der Waals surface area contributed by atoms with Crippen LogP contribution in [-0.4, -0.2) is 116 Å². The van der Waals surface area contributed by atoms with Crippen molar-refractivity contribution in [3.63, 3.8) is 0 Å². The first kappa shape index (κ1) is 49.3. The zero-order valence-electron chi connectivity index (χ0n) is 38.8. The molecule has 15 nitrogen and oxygen atoms in total. The molecule has 67 heavy (non-hydrogen) atoms. The normalized spacial score (nSPS) is 20.2. The van der Waals surface area contributed by atoms with Crippen molar-refractivity contribution in [2.45, 2.75) is 128 Å². The van der Waals surface area contributed by atoms with Gasteiger partial charge in [0.25, 0.3) is 5.92 Å². The SMILES string of the molecule is Cc1ncsc1-c1ccc([C@H](C)NC(=O)[C@@H]2C[C@@H](O)CN2C(=O)[C@@H](NC(=O)CCCCC(O)N2CCC(c3cc(Nc4cc(C#N)ccn4)nc(N4CCC(F)(F)C4)c3)CC2)C(C)(C)C)cc1. The van der Waals surface area contributed by atoms with Crippen LogP contribution in [0.1, 0.15) is 113 Å². The lowest BCUT2D eigenvalue weighted by Crippen LogP contribution is -2.57. The number of hydrogen-bond acceptors (Lipinski definition) is 13. The van der Waals surface area contributed by atoms with Gasteiger partial charge in [0, 0.05) is 51.6 Å². The number of aryl methyl sites for hydroxylation is 1. The lowest BCUT2D eigenvalue weighted by Gasteiger charge is -2.36. The third-order valence-corrected chi connectivity index (χ3v) is 14.0. The number of piperidine rings is 1. The van der Waals surface area contributed by atoms with E-state index in [0.717, 1.165) is 40.1 Å². The van der Waals surface area contributed by atoms with E-state index in [1.54, 1.807) is 28.4 Å². The number of aromatic nitrogens is 3. The van der Waals surface area contributed by atoms with Crippen LogP contribution >= 0.6 is 11.3 Å². The van der Waals surface area contributed by atoms with Gasteiger partial charge in [-0.15, -0.1) is 11.3 Å². The number of nitriles is 1. The van der Waals surface area contributed by atoms with E-state index < -0.39 is 48.2 Å². The van der Waals surface area contributed by atoms with Crippen LogP contribution in [-0.2, 0) is 14.4 Å². The number of halogens is 2. The van der Waals surface area contributed by atoms with Crippen molar-refractivity contribution in [2.24, 2.45) is 5.41 Å². The monoisotopic (exact) mass is 940 g/mol. The number of unbranched alkanes of at least 4 members (excludes halogenated alkanes) is 1. The summed E-state index contributed by atoms with van der Waals surface area (Å²) in [5, 5.41) is 40.3. The second-order valence-corrected chi connectivity index (χ2v) is 20.1. The van der Waals surface area contributed by atoms with Crippen molar-refractivity contribution in [2.75, 3.05) is 42.9 Å². The maximum Gasteiger partial charge on any atom is 0.266 e. The number of carbonyl (C=O) groups excluding carboxylic acids is 3. The predicted molar refractivity (Wildman–Crippen MR) is 253 cm³/mol. The van der Waals surface area contributed by atoms with E-state index in [4.69, 9.17) is 0 Å². The fraction of sp³-hybridized carbons (Fsp3) is 0.531. The first-order chi connectivity index (χ1) is 31.9. The number of carbonyl (C=O) groups is 3. The molecule has 5 N–H and O–H groups in total. The van der Waals surface area contributed by atoms with Gasteiger partial charge in [-0.25, -0.2) is 23.7 Å². The summed E-state index contributed by atoms with van der Waals surface area (Å²) in [4.78, 5) is 60.6. The van der Waals surface area contributed by atoms with Crippen LogP contribution in [0.4, 0.5) is 26.2 Å². The number of anilines is 3. The number of alkyl halides is 2. The van der Waals surface area contributed by atoms with Gasteiger partial charge in [0.2, 0.25) is 17.7 Å². The number of hydrogen-bond donors (Lipinski definition) is 5. The fourth-order valence-corrected chi connectivity index (χ4v) is 10.0. The summed E-state index contributed by atoms with van der Waals surface area (Å²) >= 11 is 1.57. The van der Waals surface area contributed by atoms with Crippen LogP contribution in [0.25, 0.3) is 10.4 Å². The number of rotatable bonds is 16. The lowest BCUT2D eigenvalue weighted by atomic mass is 9.85. The maximum absolute atomic E-state index is 14.3. The van der Waals surface area contributed by atoms with Gasteiger partial charge in [-0.05, 0) is 98.2 Å². The summed E-state index contributed by atoms with van der Waals surface area (Å²) in [7, 11) is 0. The predicted octanol–water partition coefficient (Wildman–Crippen LogP) is 6.80. The van der Waals surface area contributed by atoms with Gasteiger partial charge in [0.15, 0.2) is 0 Å². The van der Waals surface area contributed by atoms with Gasteiger partial charge in [0.05, 0.1) is 46.4 Å². The molecule has 0 aliphatic carbocycles. The Morgan fingerprint density at radius 1 is 1.01 bits per heavy atom. The second-order valence-electron chi connectivity index (χ2n) is 19.3. The van der Waals surface area contributed by atoms with E-state index in [1.165, 1.54) is 11.1 Å². The number of benzene rings is 1. The highest BCUT2D eigenvalue weighted by molar-refractivity contribution is 7.13. The smallest absolute Gasteiger partial charge is 0.266 e. The maximum atomic E-state index is 14.3. The largest absolute Gasteiger partial charge is 0.391 e. The number of aliphatic hydroxyl groups is 2. The van der Waals surface area contributed by atoms with Gasteiger partial charge < -0.3 is 36.0 Å². The van der Waals surface area contributed by atoms with Crippen LogP contribution in [0.5, 0.6) is 0 Å². The topological polar surface area (TPSA) is 200 Å². The van der Waals surface area contributed by atoms with Crippen molar-refractivity contribution in [3.8, 4) is 16.5 Å². The van der Waals surface area contributed by atoms with E-state index in [2.05, 4.69) is 37.0 Å². The second kappa shape index (κ2) is 21.1. The molecule has 0 saturated carbocycles.